The van der Waals surface area contributed by atoms with Crippen molar-refractivity contribution < 1.29 is 19.8 Å². The second-order valence-electron chi connectivity index (χ2n) is 10.3. The largest absolute Gasteiger partial charge is 0.545 e. The first kappa shape index (κ1) is 28.4. The minimum Gasteiger partial charge on any atom is -0.545 e. The van der Waals surface area contributed by atoms with Crippen LogP contribution in [0.25, 0.3) is 21.5 Å². The van der Waals surface area contributed by atoms with Gasteiger partial charge in [-0.2, -0.15) is 0 Å². The maximum atomic E-state index is 10.7. The van der Waals surface area contributed by atoms with Crippen molar-refractivity contribution in [2.75, 3.05) is 0 Å². The number of carboxylic acid groups (broad SMARTS) is 2. The van der Waals surface area contributed by atoms with E-state index in [0.29, 0.717) is 6.86 Å². The molecule has 180 valence electrons. The molecule has 5 heteroatoms. The minimum absolute atomic E-state index is 0.182. The molecule has 0 spiro atoms. The molecule has 0 aliphatic carbocycles. The third-order valence-electron chi connectivity index (χ3n) is 4.77. The van der Waals surface area contributed by atoms with Crippen molar-refractivity contribution in [3.05, 3.63) is 96.1 Å². The Balaban J connectivity index is 0.000000190. The minimum atomic E-state index is -1.13. The second kappa shape index (κ2) is 12.2. The number of aromatic carboxylic acids is 2. The van der Waals surface area contributed by atoms with Crippen LogP contribution in [-0.4, -0.2) is 33.1 Å². The number of rotatable bonds is 2. The van der Waals surface area contributed by atoms with E-state index in [1.807, 2.05) is 48.5 Å². The SMILES string of the molecule is C[C](C)(C)[Sn+2][C](C)(C)C.O=C([O-])c1cccc2ccccc12.O=C([O-])c1cccc2ccccc12. The van der Waals surface area contributed by atoms with Gasteiger partial charge in [-0.25, -0.2) is 0 Å². The van der Waals surface area contributed by atoms with Gasteiger partial charge >= 0.3 is 69.5 Å². The fourth-order valence-corrected chi connectivity index (χ4v) is 10.4. The number of fused-ring (bicyclic) bond motifs is 2. The molecule has 35 heavy (non-hydrogen) atoms. The van der Waals surface area contributed by atoms with Crippen LogP contribution in [0.3, 0.4) is 0 Å². The van der Waals surface area contributed by atoms with Gasteiger partial charge < -0.3 is 19.8 Å². The first-order valence-corrected chi connectivity index (χ1v) is 14.3. The molecule has 0 aromatic heterocycles. The molecule has 0 amide bonds. The van der Waals surface area contributed by atoms with Gasteiger partial charge in [-0.3, -0.25) is 0 Å². The predicted octanol–water partition coefficient (Wildman–Crippen LogP) is 5.53. The molecule has 0 saturated heterocycles. The molecule has 0 fully saturated rings. The summed E-state index contributed by atoms with van der Waals surface area (Å²) in [6.45, 7) is 14.2. The van der Waals surface area contributed by atoms with Gasteiger partial charge in [-0.1, -0.05) is 84.9 Å². The Hall–Kier alpha value is -2.86. The van der Waals surface area contributed by atoms with Crippen molar-refractivity contribution in [3.8, 4) is 0 Å². The van der Waals surface area contributed by atoms with Gasteiger partial charge in [0.2, 0.25) is 0 Å². The summed E-state index contributed by atoms with van der Waals surface area (Å²) in [6.07, 6.45) is 0. The third kappa shape index (κ3) is 9.36. The summed E-state index contributed by atoms with van der Waals surface area (Å²) in [5.41, 5.74) is 0.496. The van der Waals surface area contributed by atoms with Gasteiger partial charge in [0.1, 0.15) is 0 Å². The van der Waals surface area contributed by atoms with E-state index in [-0.39, 0.29) is 32.3 Å². The van der Waals surface area contributed by atoms with Crippen molar-refractivity contribution in [3.63, 3.8) is 0 Å². The molecule has 4 aromatic carbocycles. The average molecular weight is 575 g/mol. The fraction of sp³-hybridized carbons (Fsp3) is 0.267. The van der Waals surface area contributed by atoms with Crippen molar-refractivity contribution in [1.29, 1.82) is 0 Å². The molecule has 0 N–H and O–H groups in total. The fourth-order valence-electron chi connectivity index (χ4n) is 3.93. The topological polar surface area (TPSA) is 80.3 Å². The van der Waals surface area contributed by atoms with Crippen LogP contribution in [0.5, 0.6) is 0 Å². The van der Waals surface area contributed by atoms with Crippen LogP contribution in [-0.2, 0) is 0 Å². The van der Waals surface area contributed by atoms with E-state index in [9.17, 15) is 19.8 Å². The average Bonchev–Trinajstić information content (AvgIpc) is 2.76. The van der Waals surface area contributed by atoms with Crippen molar-refractivity contribution in [2.24, 2.45) is 0 Å². The van der Waals surface area contributed by atoms with Crippen LogP contribution >= 0.6 is 0 Å². The number of carbonyl (C=O) groups excluding carboxylic acids is 2. The summed E-state index contributed by atoms with van der Waals surface area (Å²) in [4.78, 5) is 21.4. The van der Waals surface area contributed by atoms with Crippen LogP contribution in [0.1, 0.15) is 62.3 Å². The summed E-state index contributed by atoms with van der Waals surface area (Å²) >= 11 is -0.182. The second-order valence-corrected chi connectivity index (χ2v) is 19.5. The van der Waals surface area contributed by atoms with Crippen molar-refractivity contribution in [1.82, 2.24) is 0 Å². The Morgan fingerprint density at radius 2 is 0.857 bits per heavy atom. The Morgan fingerprint density at radius 3 is 1.14 bits per heavy atom. The molecule has 0 saturated carbocycles. The maximum Gasteiger partial charge on any atom is 0.0721 e. The maximum absolute atomic E-state index is 10.7. The first-order chi connectivity index (χ1) is 16.3. The van der Waals surface area contributed by atoms with E-state index in [4.69, 9.17) is 0 Å². The van der Waals surface area contributed by atoms with E-state index in [0.717, 1.165) is 21.5 Å². The Labute approximate surface area is 218 Å². The summed E-state index contributed by atoms with van der Waals surface area (Å²) < 4.78 is 1.31. The van der Waals surface area contributed by atoms with E-state index in [1.165, 1.54) is 0 Å². The predicted molar refractivity (Wildman–Crippen MR) is 142 cm³/mol. The van der Waals surface area contributed by atoms with E-state index in [1.54, 1.807) is 36.4 Å². The Morgan fingerprint density at radius 1 is 0.543 bits per heavy atom. The molecule has 0 radical (unpaired) electrons. The number of carbonyl (C=O) groups is 2. The zero-order chi connectivity index (χ0) is 26.2. The van der Waals surface area contributed by atoms with Gasteiger partial charge in [-0.05, 0) is 21.5 Å². The van der Waals surface area contributed by atoms with Gasteiger partial charge in [0.25, 0.3) is 0 Å². The van der Waals surface area contributed by atoms with Crippen LogP contribution in [0, 0.1) is 0 Å². The molecule has 0 heterocycles. The normalized spacial score (nSPS) is 10.9. The Kier molecular flexibility index (Phi) is 9.90. The molecule has 0 aliphatic rings. The first-order valence-electron chi connectivity index (χ1n) is 11.5. The monoisotopic (exact) mass is 576 g/mol. The molecule has 4 aromatic rings. The molecule has 4 nitrogen and oxygen atoms in total. The van der Waals surface area contributed by atoms with Crippen LogP contribution in [0.15, 0.2) is 84.9 Å². The van der Waals surface area contributed by atoms with Gasteiger partial charge in [0.15, 0.2) is 0 Å². The molecule has 0 atom stereocenters. The van der Waals surface area contributed by atoms with E-state index in [2.05, 4.69) is 41.5 Å². The smallest absolute Gasteiger partial charge is 0.0721 e. The molecule has 0 aliphatic heterocycles. The third-order valence-corrected chi connectivity index (χ3v) is 9.05. The zero-order valence-corrected chi connectivity index (χ0v) is 24.1. The van der Waals surface area contributed by atoms with Crippen LogP contribution in [0.4, 0.5) is 0 Å². The summed E-state index contributed by atoms with van der Waals surface area (Å²) in [7, 11) is 0. The quantitative estimate of drug-likeness (QED) is 0.295. The zero-order valence-electron chi connectivity index (χ0n) is 21.2. The summed E-state index contributed by atoms with van der Waals surface area (Å²) in [6, 6.07) is 25.0. The molecule has 4 rings (SSSR count). The van der Waals surface area contributed by atoms with Gasteiger partial charge in [-0.15, -0.1) is 0 Å². The van der Waals surface area contributed by atoms with E-state index < -0.39 is 11.9 Å². The molecular weight excluding hydrogens is 543 g/mol. The molecular formula is C30H32O4Sn. The Bertz CT molecular complexity index is 1190. The standard InChI is InChI=1S/2C11H8O2.2C4H9.Sn/c2*12-11(13)10-7-3-5-8-4-1-2-6-9(8)10;2*1-4(2)3;/h2*1-7H,(H,12,13);2*1-3H3;/q;;;;+2/p-2. The molecule has 0 bridgehead atoms. The van der Waals surface area contributed by atoms with Crippen LogP contribution < -0.4 is 10.2 Å². The van der Waals surface area contributed by atoms with Gasteiger partial charge in [0, 0.05) is 11.1 Å². The van der Waals surface area contributed by atoms with Crippen LogP contribution in [0.2, 0.25) is 6.86 Å². The van der Waals surface area contributed by atoms with Crippen molar-refractivity contribution in [2.45, 2.75) is 48.4 Å². The number of hydrogen-bond acceptors (Lipinski definition) is 4. The summed E-state index contributed by atoms with van der Waals surface area (Å²) in [5, 5.41) is 24.7. The summed E-state index contributed by atoms with van der Waals surface area (Å²) in [5.74, 6) is -2.26. The van der Waals surface area contributed by atoms with E-state index >= 15 is 0 Å². The molecule has 0 unspecified atom stereocenters. The van der Waals surface area contributed by atoms with Crippen molar-refractivity contribution >= 4 is 54.6 Å². The number of benzene rings is 4. The number of carboxylic acids is 2. The van der Waals surface area contributed by atoms with Gasteiger partial charge in [0.05, 0.1) is 11.9 Å². The number of hydrogen-bond donors (Lipinski definition) is 0.